The van der Waals surface area contributed by atoms with Gasteiger partial charge in [-0.25, -0.2) is 4.98 Å². The predicted octanol–water partition coefficient (Wildman–Crippen LogP) is 6.50. The van der Waals surface area contributed by atoms with Gasteiger partial charge in [0.1, 0.15) is 11.4 Å². The third-order valence-electron chi connectivity index (χ3n) is 5.09. The lowest BCUT2D eigenvalue weighted by Crippen LogP contribution is -2.23. The molecule has 0 atom stereocenters. The van der Waals surface area contributed by atoms with Crippen molar-refractivity contribution >= 4 is 36.6 Å². The molecule has 3 rings (SSSR count). The van der Waals surface area contributed by atoms with Gasteiger partial charge in [0.15, 0.2) is 0 Å². The second kappa shape index (κ2) is 12.9. The standard InChI is InChI=1S/C25H29F3N5O4P/c1-4-29-23(34)19-9-7-8-10-21(19)32-22-20(25(26,27)28)15-30-24(33-22)31-18-13-11-17(12-14-18)16-38(35,36-5-2)37-6-3/h7-15H,4-6,16H2,1-3H3,(H,29,34)(H2,30,31,32,33). The molecule has 13 heteroatoms. The van der Waals surface area contributed by atoms with Crippen molar-refractivity contribution in [2.24, 2.45) is 0 Å². The van der Waals surface area contributed by atoms with Crippen molar-refractivity contribution < 1.29 is 31.6 Å². The van der Waals surface area contributed by atoms with E-state index in [0.717, 1.165) is 0 Å². The lowest BCUT2D eigenvalue weighted by atomic mass is 10.1. The number of rotatable bonds is 12. The van der Waals surface area contributed by atoms with E-state index in [9.17, 15) is 22.5 Å². The summed E-state index contributed by atoms with van der Waals surface area (Å²) in [5.74, 6) is -1.05. The zero-order valence-electron chi connectivity index (χ0n) is 21.1. The van der Waals surface area contributed by atoms with E-state index in [-0.39, 0.29) is 36.6 Å². The summed E-state index contributed by atoms with van der Waals surface area (Å²) in [4.78, 5) is 20.2. The molecule has 0 aliphatic rings. The number of nitrogens with one attached hydrogen (secondary N) is 3. The highest BCUT2D eigenvalue weighted by molar-refractivity contribution is 7.53. The van der Waals surface area contributed by atoms with E-state index >= 15 is 0 Å². The molecule has 38 heavy (non-hydrogen) atoms. The van der Waals surface area contributed by atoms with Gasteiger partial charge in [0.2, 0.25) is 5.95 Å². The summed E-state index contributed by atoms with van der Waals surface area (Å²) < 4.78 is 64.5. The van der Waals surface area contributed by atoms with Crippen molar-refractivity contribution in [1.82, 2.24) is 15.3 Å². The maximum Gasteiger partial charge on any atom is 0.421 e. The Morgan fingerprint density at radius 3 is 2.24 bits per heavy atom. The van der Waals surface area contributed by atoms with E-state index < -0.39 is 31.1 Å². The molecule has 3 N–H and O–H groups in total. The van der Waals surface area contributed by atoms with Gasteiger partial charge >= 0.3 is 13.8 Å². The Labute approximate surface area is 218 Å². The molecular weight excluding hydrogens is 522 g/mol. The first-order valence-electron chi connectivity index (χ1n) is 11.9. The molecule has 1 aromatic heterocycles. The van der Waals surface area contributed by atoms with Gasteiger partial charge in [-0.05, 0) is 50.6 Å². The fourth-order valence-corrected chi connectivity index (χ4v) is 5.19. The number of alkyl halides is 3. The van der Waals surface area contributed by atoms with Crippen molar-refractivity contribution in [1.29, 1.82) is 0 Å². The summed E-state index contributed by atoms with van der Waals surface area (Å²) in [6, 6.07) is 12.9. The van der Waals surface area contributed by atoms with Crippen LogP contribution in [-0.4, -0.2) is 35.6 Å². The number of hydrogen-bond donors (Lipinski definition) is 3. The van der Waals surface area contributed by atoms with Crippen molar-refractivity contribution in [3.05, 3.63) is 71.4 Å². The van der Waals surface area contributed by atoms with E-state index in [0.29, 0.717) is 24.0 Å². The summed E-state index contributed by atoms with van der Waals surface area (Å²) in [6.07, 6.45) is -4.00. The summed E-state index contributed by atoms with van der Waals surface area (Å²) >= 11 is 0. The summed E-state index contributed by atoms with van der Waals surface area (Å²) in [5.41, 5.74) is 0.420. The molecule has 0 bridgehead atoms. The van der Waals surface area contributed by atoms with E-state index in [1.165, 1.54) is 12.1 Å². The zero-order chi connectivity index (χ0) is 27.8. The normalized spacial score (nSPS) is 11.7. The molecule has 0 saturated heterocycles. The van der Waals surface area contributed by atoms with Gasteiger partial charge in [-0.2, -0.15) is 18.2 Å². The Morgan fingerprint density at radius 2 is 1.63 bits per heavy atom. The average molecular weight is 552 g/mol. The van der Waals surface area contributed by atoms with Crippen LogP contribution in [0.5, 0.6) is 0 Å². The largest absolute Gasteiger partial charge is 0.421 e. The van der Waals surface area contributed by atoms with Crippen LogP contribution in [0.3, 0.4) is 0 Å². The molecule has 1 heterocycles. The van der Waals surface area contributed by atoms with Gasteiger partial charge in [-0.15, -0.1) is 0 Å². The maximum atomic E-state index is 13.7. The van der Waals surface area contributed by atoms with Crippen molar-refractivity contribution in [2.45, 2.75) is 33.1 Å². The highest BCUT2D eigenvalue weighted by atomic mass is 31.2. The van der Waals surface area contributed by atoms with Gasteiger partial charge in [0, 0.05) is 18.4 Å². The SMILES string of the molecule is CCNC(=O)c1ccccc1Nc1nc(Nc2ccc(CP(=O)(OCC)OCC)cc2)ncc1C(F)(F)F. The van der Waals surface area contributed by atoms with Crippen LogP contribution in [0.15, 0.2) is 54.7 Å². The molecule has 0 unspecified atom stereocenters. The van der Waals surface area contributed by atoms with Crippen LogP contribution in [0.1, 0.15) is 42.3 Å². The van der Waals surface area contributed by atoms with Crippen molar-refractivity contribution in [3.63, 3.8) is 0 Å². The average Bonchev–Trinajstić information content (AvgIpc) is 2.85. The minimum absolute atomic E-state index is 0.0742. The first-order valence-corrected chi connectivity index (χ1v) is 13.6. The molecule has 2 aromatic carbocycles. The minimum atomic E-state index is -4.74. The van der Waals surface area contributed by atoms with Crippen LogP contribution in [0.4, 0.5) is 36.3 Å². The van der Waals surface area contributed by atoms with E-state index in [2.05, 4.69) is 25.9 Å². The minimum Gasteiger partial charge on any atom is -0.352 e. The lowest BCUT2D eigenvalue weighted by Gasteiger charge is -2.17. The maximum absolute atomic E-state index is 13.7. The molecule has 3 aromatic rings. The number of halogens is 3. The van der Waals surface area contributed by atoms with E-state index in [4.69, 9.17) is 9.05 Å². The molecule has 204 valence electrons. The van der Waals surface area contributed by atoms with Gasteiger partial charge in [0.25, 0.3) is 5.91 Å². The van der Waals surface area contributed by atoms with Crippen LogP contribution >= 0.6 is 7.60 Å². The first kappa shape index (κ1) is 29.1. The molecule has 0 saturated carbocycles. The van der Waals surface area contributed by atoms with Crippen LogP contribution in [0.25, 0.3) is 0 Å². The summed E-state index contributed by atoms with van der Waals surface area (Å²) in [5, 5.41) is 8.14. The third kappa shape index (κ3) is 7.77. The van der Waals surface area contributed by atoms with Crippen LogP contribution in [-0.2, 0) is 26.0 Å². The number of nitrogens with zero attached hydrogens (tertiary/aromatic N) is 2. The molecule has 0 spiro atoms. The summed E-state index contributed by atoms with van der Waals surface area (Å²) in [7, 11) is -3.29. The van der Waals surface area contributed by atoms with Gasteiger partial charge in [-0.1, -0.05) is 24.3 Å². The zero-order valence-corrected chi connectivity index (χ0v) is 22.0. The Kier molecular flexibility index (Phi) is 9.84. The number of carbonyl (C=O) groups is 1. The Morgan fingerprint density at radius 1 is 0.974 bits per heavy atom. The first-order chi connectivity index (χ1) is 18.1. The molecule has 0 radical (unpaired) electrons. The number of aromatic nitrogens is 2. The van der Waals surface area contributed by atoms with Crippen molar-refractivity contribution in [3.8, 4) is 0 Å². The third-order valence-corrected chi connectivity index (χ3v) is 7.15. The highest BCUT2D eigenvalue weighted by Gasteiger charge is 2.35. The lowest BCUT2D eigenvalue weighted by molar-refractivity contribution is -0.137. The predicted molar refractivity (Wildman–Crippen MR) is 139 cm³/mol. The second-order valence-corrected chi connectivity index (χ2v) is 9.96. The quantitative estimate of drug-likeness (QED) is 0.219. The van der Waals surface area contributed by atoms with Crippen molar-refractivity contribution in [2.75, 3.05) is 30.4 Å². The molecular formula is C25H29F3N5O4P. The number of amides is 1. The van der Waals surface area contributed by atoms with Gasteiger partial charge < -0.3 is 25.0 Å². The van der Waals surface area contributed by atoms with E-state index in [1.54, 1.807) is 57.2 Å². The molecule has 0 aliphatic heterocycles. The fraction of sp³-hybridized carbons (Fsp3) is 0.320. The molecule has 0 aliphatic carbocycles. The Bertz CT molecular complexity index is 1280. The van der Waals surface area contributed by atoms with E-state index in [1.807, 2.05) is 0 Å². The fourth-order valence-electron chi connectivity index (χ4n) is 3.49. The number of benzene rings is 2. The van der Waals surface area contributed by atoms with Crippen LogP contribution in [0, 0.1) is 0 Å². The Balaban J connectivity index is 1.86. The van der Waals surface area contributed by atoms with Gasteiger partial charge in [0.05, 0.1) is 30.6 Å². The van der Waals surface area contributed by atoms with Gasteiger partial charge in [-0.3, -0.25) is 9.36 Å². The summed E-state index contributed by atoms with van der Waals surface area (Å²) in [6.45, 7) is 6.03. The number of carbonyl (C=O) groups excluding carboxylic acids is 1. The van der Waals surface area contributed by atoms with Crippen LogP contribution < -0.4 is 16.0 Å². The Hall–Kier alpha value is -3.47. The van der Waals surface area contributed by atoms with Crippen LogP contribution in [0.2, 0.25) is 0 Å². The monoisotopic (exact) mass is 551 g/mol. The smallest absolute Gasteiger partial charge is 0.352 e. The molecule has 9 nitrogen and oxygen atoms in total. The molecule has 1 amide bonds. The topological polar surface area (TPSA) is 114 Å². The number of para-hydroxylation sites is 1. The number of hydrogen-bond acceptors (Lipinski definition) is 8. The second-order valence-electron chi connectivity index (χ2n) is 7.91. The molecule has 0 fully saturated rings. The number of anilines is 4. The highest BCUT2D eigenvalue weighted by Crippen LogP contribution is 2.51.